The number of fused-ring (bicyclic) bond motifs is 3. The second-order valence-corrected chi connectivity index (χ2v) is 34.7. The van der Waals surface area contributed by atoms with Crippen LogP contribution in [0, 0.1) is 6.92 Å². The van der Waals surface area contributed by atoms with E-state index in [1.807, 2.05) is 0 Å². The Labute approximate surface area is 666 Å². The summed E-state index contributed by atoms with van der Waals surface area (Å²) >= 11 is 0. The van der Waals surface area contributed by atoms with Crippen molar-refractivity contribution in [3.63, 3.8) is 0 Å². The first-order valence-corrected chi connectivity index (χ1v) is 43.2. The fraction of sp³-hybridized carbons (Fsp3) is 0.534. The van der Waals surface area contributed by atoms with Gasteiger partial charge < -0.3 is 91.8 Å². The molecule has 120 heavy (non-hydrogen) atoms. The van der Waals surface area contributed by atoms with Gasteiger partial charge in [0, 0.05) is 62.7 Å². The van der Waals surface area contributed by atoms with Crippen molar-refractivity contribution in [2.24, 2.45) is 0 Å². The van der Waals surface area contributed by atoms with Crippen molar-refractivity contribution in [1.82, 2.24) is 87.2 Å². The first-order valence-electron chi connectivity index (χ1n) is 35.7. The van der Waals surface area contributed by atoms with Crippen LogP contribution in [-0.2, 0) is 96.5 Å². The van der Waals surface area contributed by atoms with Crippen molar-refractivity contribution in [2.45, 2.75) is 156 Å². The van der Waals surface area contributed by atoms with Crippen LogP contribution in [-0.4, -0.2) is 235 Å². The Bertz CT molecular complexity index is 6010. The topological polar surface area (TPSA) is 800 Å². The molecule has 62 heteroatoms. The zero-order valence-electron chi connectivity index (χ0n) is 61.6. The molecule has 6 aliphatic heterocycles. The minimum Gasteiger partial charge on any atom is -0.394 e. The largest absolute Gasteiger partial charge is 0.472 e. The summed E-state index contributed by atoms with van der Waals surface area (Å²) in [5, 5.41) is 21.2. The van der Waals surface area contributed by atoms with Gasteiger partial charge in [-0.3, -0.25) is 102 Å². The Morgan fingerprint density at radius 1 is 0.425 bits per heavy atom. The van der Waals surface area contributed by atoms with E-state index in [9.17, 15) is 86.3 Å². The number of aromatic amines is 3. The number of H-pyrrole nitrogens is 3. The lowest BCUT2D eigenvalue weighted by Gasteiger charge is -2.26. The second kappa shape index (κ2) is 34.0. The van der Waals surface area contributed by atoms with Gasteiger partial charge in [-0.05, 0) is 19.1 Å². The van der Waals surface area contributed by atoms with Gasteiger partial charge in [-0.25, -0.2) is 62.1 Å². The molecular formula is C58H74N23O34P5. The minimum absolute atomic E-state index is 0.0635. The van der Waals surface area contributed by atoms with E-state index in [1.165, 1.54) is 40.8 Å². The number of ether oxygens (including phenoxy) is 6. The maximum Gasteiger partial charge on any atom is 0.472 e. The minimum atomic E-state index is -5.65. The predicted octanol–water partition coefficient (Wildman–Crippen LogP) is -3.03. The van der Waals surface area contributed by atoms with Crippen LogP contribution in [0.5, 0.6) is 0 Å². The summed E-state index contributed by atoms with van der Waals surface area (Å²) in [5.74, 6) is -1.15. The van der Waals surface area contributed by atoms with Crippen molar-refractivity contribution in [1.29, 1.82) is 0 Å². The van der Waals surface area contributed by atoms with Gasteiger partial charge in [-0.2, -0.15) is 19.9 Å². The number of nitrogens with one attached hydrogen (secondary N) is 3. The Hall–Kier alpha value is -9.08. The van der Waals surface area contributed by atoms with E-state index < -0.39 is 255 Å². The maximum atomic E-state index is 14.5. The molecule has 6 aliphatic rings. The number of aryl methyl sites for hydroxylation is 1. The summed E-state index contributed by atoms with van der Waals surface area (Å²) in [7, 11) is -27.5. The summed E-state index contributed by atoms with van der Waals surface area (Å²) < 4.78 is 168. The van der Waals surface area contributed by atoms with Crippen molar-refractivity contribution in [3.05, 3.63) is 124 Å². The number of aliphatic hydroxyl groups excluding tert-OH is 2. The smallest absolute Gasteiger partial charge is 0.394 e. The molecule has 0 amide bonds. The number of aromatic nitrogens is 18. The van der Waals surface area contributed by atoms with Gasteiger partial charge in [-0.15, -0.1) is 0 Å². The molecule has 57 nitrogen and oxygen atoms in total. The lowest BCUT2D eigenvalue weighted by Crippen LogP contribution is -2.33. The molecular weight excluding hydrogens is 1720 g/mol. The highest BCUT2D eigenvalue weighted by atomic mass is 31.2. The third-order valence-electron chi connectivity index (χ3n) is 19.6. The molecule has 5 unspecified atom stereocenters. The third-order valence-corrected chi connectivity index (χ3v) is 24.7. The summed E-state index contributed by atoms with van der Waals surface area (Å²) in [4.78, 5) is 177. The zero-order chi connectivity index (χ0) is 85.4. The number of rotatable bonds is 32. The highest BCUT2D eigenvalue weighted by Crippen LogP contribution is 2.56. The number of anilines is 5. The maximum absolute atomic E-state index is 14.5. The van der Waals surface area contributed by atoms with E-state index in [0.29, 0.717) is 0 Å². The van der Waals surface area contributed by atoms with Crippen LogP contribution in [0.1, 0.15) is 81.5 Å². The Balaban J connectivity index is 0.632. The average Bonchev–Trinajstić information content (AvgIpc) is 1.60. The standard InChI is InChI=1S/C58H74N23O34P5/c1-23-12-78(58(89)75-51(23)84)41-7-25(30(13-82)105-41)111-117(92,93)101-15-32-26(8-39(107-32)76-4-2-36(59)69-56(76)87)112-119(96,97)104-18-35-29(11-43(110-35)81-22-68-46-50(81)72-55(63)74-53(46)86)115-120(98,99)102-16-33-27(9-40(108-33)77-5-3-37(60)70-57(77)88)113-118(94,95)103-17-34-28(10-42(109-34)80-21-67-45-49(80)71-54(62)73-52(45)85)114-116(90,91)100-14-31-24(83)6-38(106-31)79-20-66-44-47(61)64-19-65-48(44)79/h2-5,12,19-22,24-35,38-43,82-83H,6-11,13-18H2,1H3,(H,90,91)(H,92,93)(H,94,95)(H,96,97)(H,98,99)(H2,59,69,87)(H2,60,70,88)(H2,61,64,65)(H,75,84,89)(H3,62,71,73,85)(H3,63,72,74,86)/t24-,25-,26-,27-,28-,29-,30+,31+,32+,33+,34+,35+,38+,39+,40+,41+,42+,43+/m0/s1. The van der Waals surface area contributed by atoms with Gasteiger partial charge in [0.1, 0.15) is 128 Å². The van der Waals surface area contributed by atoms with Gasteiger partial charge in [0.15, 0.2) is 33.8 Å². The first-order chi connectivity index (χ1) is 56.8. The summed E-state index contributed by atoms with van der Waals surface area (Å²) in [5.41, 5.74) is 23.6. The van der Waals surface area contributed by atoms with Crippen LogP contribution >= 0.6 is 39.1 Å². The molecule has 6 fully saturated rings. The molecule has 20 N–H and O–H groups in total. The van der Waals surface area contributed by atoms with Crippen LogP contribution in [0.15, 0.2) is 84.8 Å². The normalized spacial score (nSPS) is 29.7. The highest BCUT2D eigenvalue weighted by molar-refractivity contribution is 7.48. The summed E-state index contributed by atoms with van der Waals surface area (Å²) in [6, 6.07) is 2.38. The molecule has 15 heterocycles. The molecule has 0 spiro atoms. The number of phosphoric acid groups is 5. The molecule has 15 rings (SSSR count). The molecule has 0 saturated carbocycles. The number of hydrogen-bond acceptors (Lipinski definition) is 43. The number of aliphatic hydroxyl groups is 2. The molecule has 0 bridgehead atoms. The summed E-state index contributed by atoms with van der Waals surface area (Å²) in [6.07, 6.45) is -21.6. The number of nitrogen functional groups attached to an aromatic ring is 5. The zero-order valence-corrected chi connectivity index (χ0v) is 66.0. The molecule has 650 valence electrons. The fourth-order valence-electron chi connectivity index (χ4n) is 14.0. The number of phosphoric ester groups is 5. The van der Waals surface area contributed by atoms with E-state index in [1.54, 1.807) is 0 Å². The molecule has 23 atom stereocenters. The molecule has 9 aromatic rings. The van der Waals surface area contributed by atoms with E-state index >= 15 is 0 Å². The monoisotopic (exact) mass is 1790 g/mol. The van der Waals surface area contributed by atoms with E-state index in [4.69, 9.17) is 102 Å². The second-order valence-electron chi connectivity index (χ2n) is 27.7. The Morgan fingerprint density at radius 3 is 1.17 bits per heavy atom. The SMILES string of the molecule is Cc1cn([C@H]2C[C@H](OP(=O)(O)OC[C@H]3O[C@@H](n4ccc(N)nc4=O)C[C@@H]3OP(=O)(O)OC[C@H]3O[C@@H](n4cnc5c(=O)[nH]c(N)nc54)C[C@@H]3OP(=O)(O)OC[C@H]3O[C@@H](n4ccc(N)nc4=O)C[C@@H]3OP(=O)(O)OC[C@H]3O[C@@H](n4cnc5c(=O)[nH]c(N)nc54)C[C@@H]3OP(=O)(O)OC[C@H]3O[C@@H](n4cnc5c(N)ncnc54)C[C@@H]3O)[C@@H](CO)O2)c(=O)[nH]c1=O. The van der Waals surface area contributed by atoms with Crippen LogP contribution in [0.2, 0.25) is 0 Å². The van der Waals surface area contributed by atoms with Crippen LogP contribution in [0.4, 0.5) is 29.4 Å². The average molecular weight is 1790 g/mol. The van der Waals surface area contributed by atoms with Crippen molar-refractivity contribution in [3.8, 4) is 0 Å². The van der Waals surface area contributed by atoms with Crippen LogP contribution < -0.4 is 62.4 Å². The first kappa shape index (κ1) is 85.9. The van der Waals surface area contributed by atoms with Gasteiger partial charge in [0.25, 0.3) is 16.7 Å². The Morgan fingerprint density at radius 2 is 0.767 bits per heavy atom. The lowest BCUT2D eigenvalue weighted by atomic mass is 10.2. The van der Waals surface area contributed by atoms with Crippen molar-refractivity contribution >= 4 is 102 Å². The highest BCUT2D eigenvalue weighted by Gasteiger charge is 2.52. The number of nitrogens with zero attached hydrogens (tertiary/aromatic N) is 15. The van der Waals surface area contributed by atoms with Crippen LogP contribution in [0.25, 0.3) is 33.5 Å². The van der Waals surface area contributed by atoms with Gasteiger partial charge >= 0.3 is 56.2 Å². The van der Waals surface area contributed by atoms with Gasteiger partial charge in [-0.1, -0.05) is 0 Å². The van der Waals surface area contributed by atoms with E-state index in [-0.39, 0.29) is 75.3 Å². The molecule has 0 aliphatic carbocycles. The van der Waals surface area contributed by atoms with E-state index in [2.05, 4.69) is 59.8 Å². The van der Waals surface area contributed by atoms with Gasteiger partial charge in [0.2, 0.25) is 11.9 Å². The number of hydrogen-bond donors (Lipinski definition) is 15. The lowest BCUT2D eigenvalue weighted by molar-refractivity contribution is -0.0648. The summed E-state index contributed by atoms with van der Waals surface area (Å²) in [6.45, 7) is -4.54. The van der Waals surface area contributed by atoms with Crippen LogP contribution in [0.3, 0.4) is 0 Å². The molecule has 0 radical (unpaired) electrons. The van der Waals surface area contributed by atoms with Gasteiger partial charge in [0.05, 0.1) is 64.7 Å². The number of imidazole rings is 3. The molecule has 0 aromatic carbocycles. The van der Waals surface area contributed by atoms with Crippen molar-refractivity contribution in [2.75, 3.05) is 68.3 Å². The fourth-order valence-corrected chi connectivity index (χ4v) is 18.8. The van der Waals surface area contributed by atoms with Crippen molar-refractivity contribution < 1.29 is 131 Å². The predicted molar refractivity (Wildman–Crippen MR) is 394 cm³/mol. The number of nitrogens with two attached hydrogens (primary N) is 5. The third kappa shape index (κ3) is 18.9. The molecule has 9 aromatic heterocycles. The van der Waals surface area contributed by atoms with E-state index in [0.717, 1.165) is 49.5 Å². The Kier molecular flexibility index (Phi) is 24.3. The molecule has 6 saturated heterocycles. The quantitative estimate of drug-likeness (QED) is 0.0186.